The molecule has 0 unspecified atom stereocenters. The number of pyridine rings is 1. The molecule has 6 nitrogen and oxygen atoms in total. The van der Waals surface area contributed by atoms with E-state index in [1.54, 1.807) is 18.3 Å². The van der Waals surface area contributed by atoms with E-state index in [0.717, 1.165) is 31.2 Å². The molecule has 0 aliphatic heterocycles. The molecular weight excluding hydrogens is 388 g/mol. The Morgan fingerprint density at radius 3 is 2.45 bits per heavy atom. The minimum absolute atomic E-state index is 0.125. The minimum Gasteiger partial charge on any atom is -0.338 e. The summed E-state index contributed by atoms with van der Waals surface area (Å²) in [5.41, 5.74) is 8.09. The van der Waals surface area contributed by atoms with E-state index in [1.165, 1.54) is 12.6 Å². The Hall–Kier alpha value is -2.73. The number of nitrogens with zero attached hydrogens (tertiary/aromatic N) is 2. The third-order valence-corrected chi connectivity index (χ3v) is 5.95. The minimum atomic E-state index is -0.195. The van der Waals surface area contributed by atoms with E-state index >= 15 is 0 Å². The number of carbonyl (C=O) groups is 2. The molecule has 1 saturated carbocycles. The van der Waals surface area contributed by atoms with Gasteiger partial charge in [0.05, 0.1) is 5.56 Å². The first-order valence-corrected chi connectivity index (χ1v) is 11.2. The molecular formula is C25H34N4O2. The summed E-state index contributed by atoms with van der Waals surface area (Å²) < 4.78 is 0. The Labute approximate surface area is 185 Å². The fourth-order valence-corrected chi connectivity index (χ4v) is 4.01. The summed E-state index contributed by atoms with van der Waals surface area (Å²) in [6.07, 6.45) is 8.64. The van der Waals surface area contributed by atoms with Crippen molar-refractivity contribution in [3.8, 4) is 0 Å². The number of hydrogen-bond acceptors (Lipinski definition) is 4. The number of benzene rings is 1. The molecule has 166 valence electrons. The molecule has 0 atom stereocenters. The van der Waals surface area contributed by atoms with Crippen molar-refractivity contribution in [2.24, 2.45) is 17.1 Å². The van der Waals surface area contributed by atoms with Gasteiger partial charge in [-0.3, -0.25) is 14.6 Å². The molecule has 0 radical (unpaired) electrons. The maximum atomic E-state index is 13.3. The molecule has 0 spiro atoms. The van der Waals surface area contributed by atoms with Crippen LogP contribution in [0.25, 0.3) is 0 Å². The third kappa shape index (κ3) is 6.62. The highest BCUT2D eigenvalue weighted by atomic mass is 16.2. The second kappa shape index (κ2) is 10.5. The van der Waals surface area contributed by atoms with Gasteiger partial charge in [-0.1, -0.05) is 45.2 Å². The fraction of sp³-hybridized carbons (Fsp3) is 0.480. The molecule has 1 aliphatic carbocycles. The van der Waals surface area contributed by atoms with Crippen molar-refractivity contribution in [2.75, 3.05) is 18.4 Å². The molecule has 0 saturated heterocycles. The number of nitrogens with one attached hydrogen (secondary N) is 1. The molecule has 31 heavy (non-hydrogen) atoms. The Balaban J connectivity index is 1.68. The van der Waals surface area contributed by atoms with E-state index in [-0.39, 0.29) is 23.1 Å². The zero-order chi connectivity index (χ0) is 22.3. The predicted molar refractivity (Wildman–Crippen MR) is 123 cm³/mol. The summed E-state index contributed by atoms with van der Waals surface area (Å²) in [6, 6.07) is 11.1. The van der Waals surface area contributed by atoms with Crippen LogP contribution in [0, 0.1) is 11.3 Å². The predicted octanol–water partition coefficient (Wildman–Crippen LogP) is 4.23. The van der Waals surface area contributed by atoms with Crippen molar-refractivity contribution < 1.29 is 9.59 Å². The molecule has 3 rings (SSSR count). The van der Waals surface area contributed by atoms with Crippen molar-refractivity contribution in [1.29, 1.82) is 0 Å². The van der Waals surface area contributed by atoms with Gasteiger partial charge in [0.15, 0.2) is 0 Å². The zero-order valence-electron chi connectivity index (χ0n) is 18.6. The van der Waals surface area contributed by atoms with E-state index < -0.39 is 0 Å². The lowest BCUT2D eigenvalue weighted by Gasteiger charge is -2.35. The van der Waals surface area contributed by atoms with Gasteiger partial charge < -0.3 is 16.0 Å². The van der Waals surface area contributed by atoms with Crippen LogP contribution in [-0.4, -0.2) is 34.8 Å². The number of amides is 2. The summed E-state index contributed by atoms with van der Waals surface area (Å²) in [6.45, 7) is 5.92. The third-order valence-electron chi connectivity index (χ3n) is 5.95. The first-order chi connectivity index (χ1) is 14.9. The highest BCUT2D eigenvalue weighted by Gasteiger charge is 2.29. The first kappa shape index (κ1) is 22.9. The zero-order valence-corrected chi connectivity index (χ0v) is 18.6. The lowest BCUT2D eigenvalue weighted by atomic mass is 9.87. The van der Waals surface area contributed by atoms with Gasteiger partial charge in [-0.25, -0.2) is 0 Å². The van der Waals surface area contributed by atoms with Gasteiger partial charge in [0.25, 0.3) is 5.91 Å². The summed E-state index contributed by atoms with van der Waals surface area (Å²) in [4.78, 5) is 31.6. The number of hydrogen-bond donors (Lipinski definition) is 2. The molecule has 1 aromatic heterocycles. The summed E-state index contributed by atoms with van der Waals surface area (Å²) in [5.74, 6) is 0.176. The Kier molecular flexibility index (Phi) is 7.80. The Bertz CT molecular complexity index is 859. The van der Waals surface area contributed by atoms with Crippen LogP contribution >= 0.6 is 0 Å². The van der Waals surface area contributed by atoms with E-state index in [9.17, 15) is 9.59 Å². The average molecular weight is 423 g/mol. The molecule has 3 N–H and O–H groups in total. The van der Waals surface area contributed by atoms with Crippen molar-refractivity contribution in [2.45, 2.75) is 52.5 Å². The molecule has 2 amide bonds. The average Bonchev–Trinajstić information content (AvgIpc) is 2.80. The Morgan fingerprint density at radius 2 is 1.84 bits per heavy atom. The smallest absolute Gasteiger partial charge is 0.257 e. The van der Waals surface area contributed by atoms with E-state index in [4.69, 9.17) is 5.73 Å². The molecule has 0 bridgehead atoms. The molecule has 1 fully saturated rings. The van der Waals surface area contributed by atoms with Crippen LogP contribution in [-0.2, 0) is 11.3 Å². The van der Waals surface area contributed by atoms with Crippen LogP contribution in [0.4, 0.5) is 5.69 Å². The number of rotatable bonds is 8. The monoisotopic (exact) mass is 422 g/mol. The summed E-state index contributed by atoms with van der Waals surface area (Å²) in [7, 11) is 0. The van der Waals surface area contributed by atoms with Crippen LogP contribution in [0.15, 0.2) is 48.8 Å². The molecule has 2 aromatic rings. The van der Waals surface area contributed by atoms with Gasteiger partial charge in [-0.15, -0.1) is 0 Å². The Morgan fingerprint density at radius 1 is 1.13 bits per heavy atom. The highest BCUT2D eigenvalue weighted by Crippen LogP contribution is 2.28. The number of aromatic nitrogens is 1. The fourth-order valence-electron chi connectivity index (χ4n) is 4.01. The maximum Gasteiger partial charge on any atom is 0.257 e. The SMILES string of the molecule is CC(C)(CN)CN(Cc1ccc(NC(=O)c2cccnc2)cc1)C(=O)C1CCCCC1. The van der Waals surface area contributed by atoms with Crippen LogP contribution < -0.4 is 11.1 Å². The summed E-state index contributed by atoms with van der Waals surface area (Å²) in [5, 5.41) is 2.88. The van der Waals surface area contributed by atoms with E-state index in [0.29, 0.717) is 30.9 Å². The van der Waals surface area contributed by atoms with Crippen molar-refractivity contribution in [3.05, 3.63) is 59.9 Å². The first-order valence-electron chi connectivity index (χ1n) is 11.2. The van der Waals surface area contributed by atoms with Crippen LogP contribution in [0.2, 0.25) is 0 Å². The topological polar surface area (TPSA) is 88.3 Å². The van der Waals surface area contributed by atoms with Crippen molar-refractivity contribution in [3.63, 3.8) is 0 Å². The van der Waals surface area contributed by atoms with Gasteiger partial charge in [0, 0.05) is 37.1 Å². The van der Waals surface area contributed by atoms with Gasteiger partial charge in [-0.2, -0.15) is 0 Å². The molecule has 1 aliphatic rings. The number of nitrogens with two attached hydrogens (primary N) is 1. The second-order valence-corrected chi connectivity index (χ2v) is 9.29. The van der Waals surface area contributed by atoms with Crippen LogP contribution in [0.5, 0.6) is 0 Å². The molecule has 1 aromatic carbocycles. The van der Waals surface area contributed by atoms with Crippen LogP contribution in [0.3, 0.4) is 0 Å². The molecule has 6 heteroatoms. The number of carbonyl (C=O) groups excluding carboxylic acids is 2. The normalized spacial score (nSPS) is 14.8. The van der Waals surface area contributed by atoms with Gasteiger partial charge in [-0.05, 0) is 54.6 Å². The van der Waals surface area contributed by atoms with Gasteiger partial charge >= 0.3 is 0 Å². The van der Waals surface area contributed by atoms with Gasteiger partial charge in [0.2, 0.25) is 5.91 Å². The molecule has 1 heterocycles. The summed E-state index contributed by atoms with van der Waals surface area (Å²) >= 11 is 0. The largest absolute Gasteiger partial charge is 0.338 e. The highest BCUT2D eigenvalue weighted by molar-refractivity contribution is 6.04. The quantitative estimate of drug-likeness (QED) is 0.666. The lowest BCUT2D eigenvalue weighted by molar-refractivity contribution is -0.138. The number of anilines is 1. The standard InChI is InChI=1S/C25H34N4O2/c1-25(2,17-26)18-29(24(31)20-7-4-3-5-8-20)16-19-10-12-22(13-11-19)28-23(30)21-9-6-14-27-15-21/h6,9-15,20H,3-5,7-8,16-18,26H2,1-2H3,(H,28,30). The van der Waals surface area contributed by atoms with E-state index in [1.807, 2.05) is 29.2 Å². The van der Waals surface area contributed by atoms with Crippen LogP contribution in [0.1, 0.15) is 61.9 Å². The van der Waals surface area contributed by atoms with Crippen molar-refractivity contribution in [1.82, 2.24) is 9.88 Å². The lowest BCUT2D eigenvalue weighted by Crippen LogP contribution is -2.44. The second-order valence-electron chi connectivity index (χ2n) is 9.29. The maximum absolute atomic E-state index is 13.3. The van der Waals surface area contributed by atoms with Crippen molar-refractivity contribution >= 4 is 17.5 Å². The van der Waals surface area contributed by atoms with E-state index in [2.05, 4.69) is 24.1 Å². The van der Waals surface area contributed by atoms with Gasteiger partial charge in [0.1, 0.15) is 0 Å².